The van der Waals surface area contributed by atoms with Crippen LogP contribution in [0, 0.1) is 0 Å². The monoisotopic (exact) mass is 385 g/mol. The maximum absolute atomic E-state index is 12.6. The Morgan fingerprint density at radius 3 is 2.68 bits per heavy atom. The highest BCUT2D eigenvalue weighted by atomic mass is 35.5. The fraction of sp³-hybridized carbons (Fsp3) is 0.556. The molecule has 0 radical (unpaired) electrons. The second-order valence-electron chi connectivity index (χ2n) is 6.32. The van der Waals surface area contributed by atoms with Crippen molar-refractivity contribution in [1.82, 2.24) is 10.2 Å². The number of nitrogens with zero attached hydrogens (tertiary/aromatic N) is 1. The summed E-state index contributed by atoms with van der Waals surface area (Å²) in [4.78, 5) is 26.8. The molecular formula is C18H25Cl2N3O2. The van der Waals surface area contributed by atoms with Crippen LogP contribution in [0.4, 0.5) is 5.69 Å². The lowest BCUT2D eigenvalue weighted by Gasteiger charge is -2.24. The number of nitrogens with one attached hydrogen (secondary N) is 2. The molecule has 1 atom stereocenters. The summed E-state index contributed by atoms with van der Waals surface area (Å²) in [7, 11) is 0. The number of halogens is 2. The van der Waals surface area contributed by atoms with Crippen LogP contribution in [0.5, 0.6) is 0 Å². The number of hydrogen-bond acceptors (Lipinski definition) is 3. The number of carbonyl (C=O) groups excluding carboxylic acids is 2. The number of carbonyl (C=O) groups is 2. The van der Waals surface area contributed by atoms with Crippen LogP contribution in [-0.4, -0.2) is 41.9 Å². The predicted molar refractivity (Wildman–Crippen MR) is 102 cm³/mol. The Morgan fingerprint density at radius 2 is 2.00 bits per heavy atom. The zero-order chi connectivity index (χ0) is 18.4. The third-order valence-corrected chi connectivity index (χ3v) is 5.11. The van der Waals surface area contributed by atoms with Crippen LogP contribution in [-0.2, 0) is 9.59 Å². The Balaban J connectivity index is 1.97. The van der Waals surface area contributed by atoms with Gasteiger partial charge in [-0.05, 0) is 50.4 Å². The van der Waals surface area contributed by atoms with E-state index >= 15 is 0 Å². The average Bonchev–Trinajstić information content (AvgIpc) is 3.04. The van der Waals surface area contributed by atoms with Crippen molar-refractivity contribution in [2.24, 2.45) is 0 Å². The van der Waals surface area contributed by atoms with E-state index in [2.05, 4.69) is 24.5 Å². The fourth-order valence-corrected chi connectivity index (χ4v) is 3.41. The van der Waals surface area contributed by atoms with Gasteiger partial charge in [0.1, 0.15) is 0 Å². The van der Waals surface area contributed by atoms with E-state index in [1.807, 2.05) is 4.90 Å². The highest BCUT2D eigenvalue weighted by Gasteiger charge is 2.32. The number of amides is 2. The molecule has 25 heavy (non-hydrogen) atoms. The van der Waals surface area contributed by atoms with E-state index < -0.39 is 0 Å². The lowest BCUT2D eigenvalue weighted by molar-refractivity contribution is -0.125. The van der Waals surface area contributed by atoms with Gasteiger partial charge in [-0.15, -0.1) is 0 Å². The minimum atomic E-state index is -0.331. The first-order chi connectivity index (χ1) is 11.9. The Labute approximate surface area is 159 Å². The molecule has 0 spiro atoms. The van der Waals surface area contributed by atoms with Gasteiger partial charge < -0.3 is 10.6 Å². The summed E-state index contributed by atoms with van der Waals surface area (Å²) >= 11 is 12.1. The molecule has 0 saturated carbocycles. The van der Waals surface area contributed by atoms with Crippen LogP contribution in [0.3, 0.4) is 0 Å². The molecule has 1 fully saturated rings. The van der Waals surface area contributed by atoms with Crippen LogP contribution in [0.25, 0.3) is 0 Å². The highest BCUT2D eigenvalue weighted by Crippen LogP contribution is 2.27. The molecule has 7 heteroatoms. The van der Waals surface area contributed by atoms with Crippen molar-refractivity contribution in [1.29, 1.82) is 0 Å². The van der Waals surface area contributed by atoms with Gasteiger partial charge in [-0.1, -0.05) is 37.0 Å². The Morgan fingerprint density at radius 1 is 1.28 bits per heavy atom. The van der Waals surface area contributed by atoms with E-state index in [9.17, 15) is 9.59 Å². The van der Waals surface area contributed by atoms with E-state index in [-0.39, 0.29) is 30.4 Å². The topological polar surface area (TPSA) is 61.4 Å². The maximum Gasteiger partial charge on any atom is 0.241 e. The second kappa shape index (κ2) is 9.41. The number of hydrogen-bond donors (Lipinski definition) is 2. The van der Waals surface area contributed by atoms with Crippen LogP contribution in [0.1, 0.15) is 39.5 Å². The molecule has 1 aliphatic heterocycles. The first-order valence-electron chi connectivity index (χ1n) is 8.73. The van der Waals surface area contributed by atoms with E-state index in [1.54, 1.807) is 18.2 Å². The minimum Gasteiger partial charge on any atom is -0.352 e. The summed E-state index contributed by atoms with van der Waals surface area (Å²) in [6.45, 7) is 5.07. The summed E-state index contributed by atoms with van der Waals surface area (Å²) in [5.41, 5.74) is 0.493. The Hall–Kier alpha value is -1.30. The van der Waals surface area contributed by atoms with Crippen molar-refractivity contribution in [3.8, 4) is 0 Å². The normalized spacial score (nSPS) is 17.7. The van der Waals surface area contributed by atoms with Gasteiger partial charge in [-0.2, -0.15) is 0 Å². The quantitative estimate of drug-likeness (QED) is 0.751. The van der Waals surface area contributed by atoms with Gasteiger partial charge in [0.05, 0.1) is 23.3 Å². The standard InChI is InChI=1S/C18H25Cl2N3O2/c1-3-13(4-2)21-17(24)11-23-9-5-6-16(23)18(25)22-15-10-12(19)7-8-14(15)20/h7-8,10,13,16H,3-6,9,11H2,1-2H3,(H,21,24)(H,22,25). The van der Waals surface area contributed by atoms with E-state index in [0.717, 1.165) is 32.2 Å². The van der Waals surface area contributed by atoms with E-state index in [4.69, 9.17) is 23.2 Å². The van der Waals surface area contributed by atoms with Crippen molar-refractivity contribution in [3.63, 3.8) is 0 Å². The van der Waals surface area contributed by atoms with Crippen molar-refractivity contribution in [2.75, 3.05) is 18.4 Å². The van der Waals surface area contributed by atoms with Crippen LogP contribution >= 0.6 is 23.2 Å². The molecule has 0 aromatic heterocycles. The summed E-state index contributed by atoms with van der Waals surface area (Å²) in [6, 6.07) is 4.80. The highest BCUT2D eigenvalue weighted by molar-refractivity contribution is 6.35. The first-order valence-corrected chi connectivity index (χ1v) is 9.49. The molecule has 0 aliphatic carbocycles. The number of anilines is 1. The second-order valence-corrected chi connectivity index (χ2v) is 7.17. The maximum atomic E-state index is 12.6. The number of benzene rings is 1. The van der Waals surface area contributed by atoms with Gasteiger partial charge in [-0.3, -0.25) is 14.5 Å². The van der Waals surface area contributed by atoms with Gasteiger partial charge >= 0.3 is 0 Å². The SMILES string of the molecule is CCC(CC)NC(=O)CN1CCCC1C(=O)Nc1cc(Cl)ccc1Cl. The zero-order valence-electron chi connectivity index (χ0n) is 14.6. The summed E-state index contributed by atoms with van der Waals surface area (Å²) in [6.07, 6.45) is 3.42. The molecule has 1 aromatic carbocycles. The molecule has 2 N–H and O–H groups in total. The van der Waals surface area contributed by atoms with Gasteiger partial charge in [0.25, 0.3) is 0 Å². The molecular weight excluding hydrogens is 361 g/mol. The van der Waals surface area contributed by atoms with Crippen molar-refractivity contribution < 1.29 is 9.59 Å². The number of likely N-dealkylation sites (tertiary alicyclic amines) is 1. The smallest absolute Gasteiger partial charge is 0.241 e. The Kier molecular flexibility index (Phi) is 7.54. The third kappa shape index (κ3) is 5.59. The van der Waals surface area contributed by atoms with Crippen molar-refractivity contribution in [3.05, 3.63) is 28.2 Å². The molecule has 1 heterocycles. The minimum absolute atomic E-state index is 0.0332. The molecule has 5 nitrogen and oxygen atoms in total. The summed E-state index contributed by atoms with van der Waals surface area (Å²) < 4.78 is 0. The van der Waals surface area contributed by atoms with Gasteiger partial charge in [0, 0.05) is 11.1 Å². The molecule has 138 valence electrons. The van der Waals surface area contributed by atoms with E-state index in [1.165, 1.54) is 0 Å². The molecule has 1 aliphatic rings. The predicted octanol–water partition coefficient (Wildman–Crippen LogP) is 3.70. The fourth-order valence-electron chi connectivity index (χ4n) is 3.07. The lowest BCUT2D eigenvalue weighted by atomic mass is 10.1. The van der Waals surface area contributed by atoms with Crippen molar-refractivity contribution >= 4 is 40.7 Å². The zero-order valence-corrected chi connectivity index (χ0v) is 16.2. The lowest BCUT2D eigenvalue weighted by Crippen LogP contribution is -2.46. The van der Waals surface area contributed by atoms with Crippen LogP contribution in [0.2, 0.25) is 10.0 Å². The van der Waals surface area contributed by atoms with E-state index in [0.29, 0.717) is 15.7 Å². The van der Waals surface area contributed by atoms with Crippen LogP contribution in [0.15, 0.2) is 18.2 Å². The number of rotatable bonds is 7. The molecule has 0 bridgehead atoms. The Bertz CT molecular complexity index is 620. The molecule has 2 rings (SSSR count). The van der Waals surface area contributed by atoms with Crippen LogP contribution < -0.4 is 10.6 Å². The van der Waals surface area contributed by atoms with Gasteiger partial charge in [-0.25, -0.2) is 0 Å². The van der Waals surface area contributed by atoms with Gasteiger partial charge in [0.2, 0.25) is 11.8 Å². The summed E-state index contributed by atoms with van der Waals surface area (Å²) in [5, 5.41) is 6.79. The molecule has 1 aromatic rings. The third-order valence-electron chi connectivity index (χ3n) is 4.55. The van der Waals surface area contributed by atoms with Gasteiger partial charge in [0.15, 0.2) is 0 Å². The van der Waals surface area contributed by atoms with Crippen molar-refractivity contribution in [2.45, 2.75) is 51.6 Å². The molecule has 1 saturated heterocycles. The summed E-state index contributed by atoms with van der Waals surface area (Å²) in [5.74, 6) is -0.189. The molecule has 2 amide bonds. The largest absolute Gasteiger partial charge is 0.352 e. The average molecular weight is 386 g/mol. The first kappa shape index (κ1) is 20.0. The molecule has 1 unspecified atom stereocenters.